The average molecular weight is 276 g/mol. The number of aliphatic hydroxyl groups excluding tert-OH is 1. The summed E-state index contributed by atoms with van der Waals surface area (Å²) in [6.07, 6.45) is -0.683. The molecule has 0 saturated heterocycles. The number of halogens is 1. The summed E-state index contributed by atoms with van der Waals surface area (Å²) in [6.45, 7) is 2.39. The summed E-state index contributed by atoms with van der Waals surface area (Å²) in [6, 6.07) is 9.40. The van der Waals surface area contributed by atoms with Crippen LogP contribution in [0.25, 0.3) is 11.3 Å². The second-order valence-electron chi connectivity index (χ2n) is 4.40. The Hall–Kier alpha value is -1.98. The van der Waals surface area contributed by atoms with Gasteiger partial charge in [-0.05, 0) is 43.3 Å². The van der Waals surface area contributed by atoms with E-state index in [0.29, 0.717) is 30.3 Å². The van der Waals surface area contributed by atoms with E-state index in [0.717, 1.165) is 5.56 Å². The lowest BCUT2D eigenvalue weighted by Crippen LogP contribution is -2.11. The van der Waals surface area contributed by atoms with Crippen LogP contribution in [0.1, 0.15) is 18.7 Å². The van der Waals surface area contributed by atoms with Crippen LogP contribution in [0.3, 0.4) is 0 Å². The minimum atomic E-state index is -0.683. The Kier molecular flexibility index (Phi) is 4.65. The van der Waals surface area contributed by atoms with Crippen LogP contribution >= 0.6 is 0 Å². The van der Waals surface area contributed by atoms with E-state index in [2.05, 4.69) is 4.98 Å². The Labute approximate surface area is 117 Å². The first-order valence-corrected chi connectivity index (χ1v) is 6.39. The second-order valence-corrected chi connectivity index (χ2v) is 4.40. The van der Waals surface area contributed by atoms with Crippen molar-refractivity contribution in [3.8, 4) is 17.0 Å². The fourth-order valence-electron chi connectivity index (χ4n) is 1.79. The summed E-state index contributed by atoms with van der Waals surface area (Å²) < 4.78 is 18.5. The number of nitrogens with two attached hydrogens (primary N) is 1. The molecule has 106 valence electrons. The van der Waals surface area contributed by atoms with E-state index in [1.165, 1.54) is 12.1 Å². The fraction of sp³-hybridized carbons (Fsp3) is 0.267. The van der Waals surface area contributed by atoms with Crippen molar-refractivity contribution in [1.82, 2.24) is 4.98 Å². The van der Waals surface area contributed by atoms with Crippen molar-refractivity contribution < 1.29 is 14.2 Å². The molecule has 0 fully saturated rings. The molecule has 0 aliphatic carbocycles. The largest absolute Gasteiger partial charge is 0.490 e. The lowest BCUT2D eigenvalue weighted by molar-refractivity contribution is 0.194. The molecule has 1 aromatic carbocycles. The highest BCUT2D eigenvalue weighted by molar-refractivity contribution is 5.66. The van der Waals surface area contributed by atoms with Gasteiger partial charge in [-0.3, -0.25) is 0 Å². The summed E-state index contributed by atoms with van der Waals surface area (Å²) in [5, 5.41) is 9.62. The van der Waals surface area contributed by atoms with E-state index >= 15 is 0 Å². The maximum atomic E-state index is 13.0. The smallest absolute Gasteiger partial charge is 0.145 e. The number of pyridine rings is 1. The van der Waals surface area contributed by atoms with Gasteiger partial charge in [0.1, 0.15) is 23.9 Å². The standard InChI is InChI=1S/C15H17FN2O2/c1-10(19)13-6-7-14(20-9-8-17)15(18-13)11-2-4-12(16)5-3-11/h2-7,10,19H,8-9,17H2,1H3. The van der Waals surface area contributed by atoms with Gasteiger partial charge in [0.05, 0.1) is 11.8 Å². The molecule has 4 nitrogen and oxygen atoms in total. The van der Waals surface area contributed by atoms with Crippen LogP contribution in [0, 0.1) is 5.82 Å². The zero-order valence-corrected chi connectivity index (χ0v) is 11.2. The highest BCUT2D eigenvalue weighted by Gasteiger charge is 2.12. The van der Waals surface area contributed by atoms with E-state index in [1.54, 1.807) is 31.2 Å². The number of aliphatic hydroxyl groups is 1. The number of benzene rings is 1. The molecule has 2 rings (SSSR count). The molecule has 0 bridgehead atoms. The molecule has 5 heteroatoms. The Morgan fingerprint density at radius 1 is 1.25 bits per heavy atom. The molecule has 1 atom stereocenters. The third-order valence-corrected chi connectivity index (χ3v) is 2.80. The zero-order chi connectivity index (χ0) is 14.5. The number of aromatic nitrogens is 1. The maximum absolute atomic E-state index is 13.0. The number of hydrogen-bond donors (Lipinski definition) is 2. The quantitative estimate of drug-likeness (QED) is 0.879. The predicted molar refractivity (Wildman–Crippen MR) is 74.8 cm³/mol. The summed E-state index contributed by atoms with van der Waals surface area (Å²) in [7, 11) is 0. The van der Waals surface area contributed by atoms with Crippen molar-refractivity contribution in [2.24, 2.45) is 5.73 Å². The predicted octanol–water partition coefficient (Wildman–Crippen LogP) is 2.28. The molecule has 1 heterocycles. The number of hydrogen-bond acceptors (Lipinski definition) is 4. The summed E-state index contributed by atoms with van der Waals surface area (Å²) in [4.78, 5) is 4.39. The van der Waals surface area contributed by atoms with Crippen LogP contribution in [-0.2, 0) is 0 Å². The number of nitrogens with zero attached hydrogens (tertiary/aromatic N) is 1. The van der Waals surface area contributed by atoms with Crippen LogP contribution in [0.4, 0.5) is 4.39 Å². The highest BCUT2D eigenvalue weighted by atomic mass is 19.1. The number of ether oxygens (including phenoxy) is 1. The van der Waals surface area contributed by atoms with Crippen LogP contribution in [-0.4, -0.2) is 23.2 Å². The molecule has 20 heavy (non-hydrogen) atoms. The molecule has 1 unspecified atom stereocenters. The molecule has 0 aliphatic heterocycles. The molecule has 0 radical (unpaired) electrons. The first-order valence-electron chi connectivity index (χ1n) is 6.39. The highest BCUT2D eigenvalue weighted by Crippen LogP contribution is 2.29. The Morgan fingerprint density at radius 2 is 1.95 bits per heavy atom. The monoisotopic (exact) mass is 276 g/mol. The van der Waals surface area contributed by atoms with Gasteiger partial charge in [0, 0.05) is 12.1 Å². The normalized spacial score (nSPS) is 12.2. The Bertz CT molecular complexity index is 571. The average Bonchev–Trinajstić information content (AvgIpc) is 2.45. The van der Waals surface area contributed by atoms with Gasteiger partial charge in [0.25, 0.3) is 0 Å². The van der Waals surface area contributed by atoms with E-state index in [1.807, 2.05) is 0 Å². The van der Waals surface area contributed by atoms with Gasteiger partial charge in [-0.15, -0.1) is 0 Å². The molecule has 0 aliphatic rings. The van der Waals surface area contributed by atoms with E-state index < -0.39 is 6.10 Å². The van der Waals surface area contributed by atoms with Crippen molar-refractivity contribution in [3.05, 3.63) is 47.9 Å². The summed E-state index contributed by atoms with van der Waals surface area (Å²) in [5.41, 5.74) is 7.25. The van der Waals surface area contributed by atoms with Crippen LogP contribution < -0.4 is 10.5 Å². The second kappa shape index (κ2) is 6.45. The van der Waals surface area contributed by atoms with Gasteiger partial charge in [-0.1, -0.05) is 0 Å². The van der Waals surface area contributed by atoms with Gasteiger partial charge in [0.15, 0.2) is 0 Å². The van der Waals surface area contributed by atoms with Gasteiger partial charge >= 0.3 is 0 Å². The number of rotatable bonds is 5. The van der Waals surface area contributed by atoms with Crippen molar-refractivity contribution in [2.75, 3.05) is 13.2 Å². The molecule has 3 N–H and O–H groups in total. The van der Waals surface area contributed by atoms with Crippen molar-refractivity contribution in [2.45, 2.75) is 13.0 Å². The maximum Gasteiger partial charge on any atom is 0.145 e. The van der Waals surface area contributed by atoms with E-state index in [4.69, 9.17) is 10.5 Å². The summed E-state index contributed by atoms with van der Waals surface area (Å²) >= 11 is 0. The van der Waals surface area contributed by atoms with Gasteiger partial charge in [-0.2, -0.15) is 0 Å². The third kappa shape index (κ3) is 3.31. The Morgan fingerprint density at radius 3 is 2.55 bits per heavy atom. The molecular weight excluding hydrogens is 259 g/mol. The first-order chi connectivity index (χ1) is 9.61. The molecule has 0 spiro atoms. The third-order valence-electron chi connectivity index (χ3n) is 2.80. The molecular formula is C15H17FN2O2. The fourth-order valence-corrected chi connectivity index (χ4v) is 1.79. The minimum absolute atomic E-state index is 0.315. The van der Waals surface area contributed by atoms with Crippen LogP contribution in [0.5, 0.6) is 5.75 Å². The van der Waals surface area contributed by atoms with Crippen molar-refractivity contribution in [3.63, 3.8) is 0 Å². The van der Waals surface area contributed by atoms with Gasteiger partial charge < -0.3 is 15.6 Å². The molecule has 1 aromatic heterocycles. The van der Waals surface area contributed by atoms with E-state index in [-0.39, 0.29) is 5.82 Å². The zero-order valence-electron chi connectivity index (χ0n) is 11.2. The topological polar surface area (TPSA) is 68.4 Å². The van der Waals surface area contributed by atoms with Crippen molar-refractivity contribution >= 4 is 0 Å². The molecule has 2 aromatic rings. The van der Waals surface area contributed by atoms with E-state index in [9.17, 15) is 9.50 Å². The SMILES string of the molecule is CC(O)c1ccc(OCCN)c(-c2ccc(F)cc2)n1. The van der Waals surface area contributed by atoms with Gasteiger partial charge in [0.2, 0.25) is 0 Å². The van der Waals surface area contributed by atoms with Crippen molar-refractivity contribution in [1.29, 1.82) is 0 Å². The van der Waals surface area contributed by atoms with Gasteiger partial charge in [-0.25, -0.2) is 9.37 Å². The van der Waals surface area contributed by atoms with Crippen LogP contribution in [0.2, 0.25) is 0 Å². The first kappa shape index (κ1) is 14.4. The molecule has 0 saturated carbocycles. The molecule has 0 amide bonds. The van der Waals surface area contributed by atoms with Crippen LogP contribution in [0.15, 0.2) is 36.4 Å². The minimum Gasteiger partial charge on any atom is -0.490 e. The lowest BCUT2D eigenvalue weighted by Gasteiger charge is -2.13. The lowest BCUT2D eigenvalue weighted by atomic mass is 10.1. The summed E-state index contributed by atoms with van der Waals surface area (Å²) in [5.74, 6) is 0.247. The Balaban J connectivity index is 2.45.